The van der Waals surface area contributed by atoms with Gasteiger partial charge in [-0.1, -0.05) is 24.3 Å². The molecule has 2 heterocycles. The third-order valence-corrected chi connectivity index (χ3v) is 5.63. The van der Waals surface area contributed by atoms with E-state index in [4.69, 9.17) is 14.2 Å². The summed E-state index contributed by atoms with van der Waals surface area (Å²) in [5, 5.41) is 14.2. The van der Waals surface area contributed by atoms with E-state index in [0.29, 0.717) is 36.8 Å². The molecule has 1 amide bonds. The average Bonchev–Trinajstić information content (AvgIpc) is 3.32. The second-order valence-electron chi connectivity index (χ2n) is 7.94. The highest BCUT2D eigenvalue weighted by atomic mass is 16.6. The lowest BCUT2D eigenvalue weighted by atomic mass is 10.0. The summed E-state index contributed by atoms with van der Waals surface area (Å²) in [4.78, 5) is 14.9. The Balaban J connectivity index is 1.39. The molecule has 0 aromatic heterocycles. The smallest absolute Gasteiger partial charge is 0.223 e. The van der Waals surface area contributed by atoms with Crippen molar-refractivity contribution in [3.63, 3.8) is 0 Å². The topological polar surface area (TPSA) is 80.3 Å². The van der Waals surface area contributed by atoms with Crippen LogP contribution >= 0.6 is 0 Å². The SMILES string of the molecule is O=C(CCOc1ccccc1)N[C@H](CN1CCCC1)[C@H](O)c1ccc2c(c1)OCCO2. The van der Waals surface area contributed by atoms with Crippen molar-refractivity contribution in [1.82, 2.24) is 10.2 Å². The van der Waals surface area contributed by atoms with E-state index in [9.17, 15) is 9.90 Å². The minimum absolute atomic E-state index is 0.142. The van der Waals surface area contributed by atoms with Gasteiger partial charge < -0.3 is 29.5 Å². The summed E-state index contributed by atoms with van der Waals surface area (Å²) < 4.78 is 16.9. The van der Waals surface area contributed by atoms with Crippen LogP contribution in [0.1, 0.15) is 30.9 Å². The monoisotopic (exact) mass is 426 g/mol. The summed E-state index contributed by atoms with van der Waals surface area (Å²) in [7, 11) is 0. The molecule has 2 aliphatic rings. The molecule has 0 aliphatic carbocycles. The van der Waals surface area contributed by atoms with E-state index in [2.05, 4.69) is 10.2 Å². The van der Waals surface area contributed by atoms with E-state index in [1.807, 2.05) is 42.5 Å². The molecule has 31 heavy (non-hydrogen) atoms. The molecular weight excluding hydrogens is 396 g/mol. The number of para-hydroxylation sites is 1. The van der Waals surface area contributed by atoms with Gasteiger partial charge in [0, 0.05) is 6.54 Å². The van der Waals surface area contributed by atoms with Gasteiger partial charge in [-0.25, -0.2) is 0 Å². The molecule has 2 aromatic carbocycles. The first-order chi connectivity index (χ1) is 15.2. The molecule has 2 atom stereocenters. The van der Waals surface area contributed by atoms with Crippen molar-refractivity contribution in [3.05, 3.63) is 54.1 Å². The van der Waals surface area contributed by atoms with Crippen molar-refractivity contribution in [3.8, 4) is 17.2 Å². The number of aliphatic hydroxyl groups excluding tert-OH is 1. The van der Waals surface area contributed by atoms with Crippen molar-refractivity contribution in [2.75, 3.05) is 39.5 Å². The summed E-state index contributed by atoms with van der Waals surface area (Å²) in [5.74, 6) is 1.91. The highest BCUT2D eigenvalue weighted by Gasteiger charge is 2.27. The molecule has 0 saturated carbocycles. The Morgan fingerprint density at radius 3 is 2.58 bits per heavy atom. The first-order valence-corrected chi connectivity index (χ1v) is 11.0. The number of fused-ring (bicyclic) bond motifs is 1. The molecule has 0 bridgehead atoms. The van der Waals surface area contributed by atoms with Crippen molar-refractivity contribution in [2.24, 2.45) is 0 Å². The van der Waals surface area contributed by atoms with Gasteiger partial charge in [0.25, 0.3) is 0 Å². The second-order valence-corrected chi connectivity index (χ2v) is 7.94. The molecular formula is C24H30N2O5. The number of likely N-dealkylation sites (tertiary alicyclic amines) is 1. The fourth-order valence-corrected chi connectivity index (χ4v) is 4.00. The lowest BCUT2D eigenvalue weighted by molar-refractivity contribution is -0.123. The molecule has 0 unspecified atom stereocenters. The number of benzene rings is 2. The highest BCUT2D eigenvalue weighted by molar-refractivity contribution is 5.76. The van der Waals surface area contributed by atoms with E-state index in [1.54, 1.807) is 6.07 Å². The summed E-state index contributed by atoms with van der Waals surface area (Å²) >= 11 is 0. The Bertz CT molecular complexity index is 854. The Morgan fingerprint density at radius 2 is 1.81 bits per heavy atom. The van der Waals surface area contributed by atoms with Gasteiger partial charge in [-0.2, -0.15) is 0 Å². The summed E-state index contributed by atoms with van der Waals surface area (Å²) in [6.07, 6.45) is 1.66. The predicted octanol–water partition coefficient (Wildman–Crippen LogP) is 2.54. The van der Waals surface area contributed by atoms with Crippen LogP contribution in [0.4, 0.5) is 0 Å². The lowest BCUT2D eigenvalue weighted by Gasteiger charge is -2.29. The van der Waals surface area contributed by atoms with Gasteiger partial charge in [0.1, 0.15) is 25.1 Å². The van der Waals surface area contributed by atoms with Gasteiger partial charge in [-0.15, -0.1) is 0 Å². The van der Waals surface area contributed by atoms with E-state index in [0.717, 1.165) is 31.7 Å². The maximum atomic E-state index is 12.6. The van der Waals surface area contributed by atoms with Crippen LogP contribution in [0.5, 0.6) is 17.2 Å². The van der Waals surface area contributed by atoms with Crippen LogP contribution in [0.25, 0.3) is 0 Å². The average molecular weight is 427 g/mol. The van der Waals surface area contributed by atoms with Crippen molar-refractivity contribution < 1.29 is 24.1 Å². The number of rotatable bonds is 9. The zero-order chi connectivity index (χ0) is 21.5. The molecule has 2 aromatic rings. The number of aliphatic hydroxyl groups is 1. The maximum Gasteiger partial charge on any atom is 0.223 e. The predicted molar refractivity (Wildman–Crippen MR) is 117 cm³/mol. The molecule has 0 spiro atoms. The van der Waals surface area contributed by atoms with Gasteiger partial charge in [-0.3, -0.25) is 4.79 Å². The molecule has 2 N–H and O–H groups in total. The van der Waals surface area contributed by atoms with E-state index < -0.39 is 12.1 Å². The number of ether oxygens (including phenoxy) is 3. The highest BCUT2D eigenvalue weighted by Crippen LogP contribution is 2.33. The first kappa shape index (κ1) is 21.5. The summed E-state index contributed by atoms with van der Waals surface area (Å²) in [6.45, 7) is 3.86. The Morgan fingerprint density at radius 1 is 1.06 bits per heavy atom. The number of carbonyl (C=O) groups is 1. The van der Waals surface area contributed by atoms with Crippen LogP contribution in [-0.2, 0) is 4.79 Å². The zero-order valence-electron chi connectivity index (χ0n) is 17.7. The van der Waals surface area contributed by atoms with Crippen molar-refractivity contribution in [2.45, 2.75) is 31.4 Å². The fourth-order valence-electron chi connectivity index (χ4n) is 4.00. The molecule has 166 valence electrons. The van der Waals surface area contributed by atoms with Crippen LogP contribution < -0.4 is 19.5 Å². The number of carbonyl (C=O) groups excluding carboxylic acids is 1. The van der Waals surface area contributed by atoms with Gasteiger partial charge in [0.2, 0.25) is 5.91 Å². The van der Waals surface area contributed by atoms with Crippen LogP contribution in [0.15, 0.2) is 48.5 Å². The minimum Gasteiger partial charge on any atom is -0.493 e. The van der Waals surface area contributed by atoms with Crippen LogP contribution in [0.2, 0.25) is 0 Å². The molecule has 0 radical (unpaired) electrons. The molecule has 1 fully saturated rings. The van der Waals surface area contributed by atoms with E-state index >= 15 is 0 Å². The number of nitrogens with one attached hydrogen (secondary N) is 1. The Kier molecular flexibility index (Phi) is 7.27. The lowest BCUT2D eigenvalue weighted by Crippen LogP contribution is -2.47. The van der Waals surface area contributed by atoms with E-state index in [-0.39, 0.29) is 18.9 Å². The molecule has 2 aliphatic heterocycles. The van der Waals surface area contributed by atoms with Crippen LogP contribution in [0.3, 0.4) is 0 Å². The van der Waals surface area contributed by atoms with Crippen molar-refractivity contribution in [1.29, 1.82) is 0 Å². The molecule has 7 heteroatoms. The normalized spacial score (nSPS) is 17.7. The fraction of sp³-hybridized carbons (Fsp3) is 0.458. The van der Waals surface area contributed by atoms with Crippen LogP contribution in [-0.4, -0.2) is 61.4 Å². The van der Waals surface area contributed by atoms with E-state index in [1.165, 1.54) is 0 Å². The largest absolute Gasteiger partial charge is 0.493 e. The third kappa shape index (κ3) is 5.89. The summed E-state index contributed by atoms with van der Waals surface area (Å²) in [5.41, 5.74) is 0.703. The molecule has 1 saturated heterocycles. The van der Waals surface area contributed by atoms with Gasteiger partial charge in [0.15, 0.2) is 11.5 Å². The number of hydrogen-bond donors (Lipinski definition) is 2. The number of hydrogen-bond acceptors (Lipinski definition) is 6. The minimum atomic E-state index is -0.851. The first-order valence-electron chi connectivity index (χ1n) is 11.0. The Hall–Kier alpha value is -2.77. The summed E-state index contributed by atoms with van der Waals surface area (Å²) in [6, 6.07) is 14.5. The quantitative estimate of drug-likeness (QED) is 0.642. The van der Waals surface area contributed by atoms with Gasteiger partial charge >= 0.3 is 0 Å². The standard InChI is InChI=1S/C24H30N2O5/c27-23(10-13-29-19-6-2-1-3-7-19)25-20(17-26-11-4-5-12-26)24(28)18-8-9-21-22(16-18)31-15-14-30-21/h1-3,6-9,16,20,24,28H,4-5,10-15,17H2,(H,25,27)/t20-,24-/m1/s1. The van der Waals surface area contributed by atoms with Gasteiger partial charge in [0.05, 0.1) is 19.1 Å². The van der Waals surface area contributed by atoms with Crippen molar-refractivity contribution >= 4 is 5.91 Å². The number of amides is 1. The molecule has 7 nitrogen and oxygen atoms in total. The molecule has 4 rings (SSSR count). The maximum absolute atomic E-state index is 12.6. The number of nitrogens with zero attached hydrogens (tertiary/aromatic N) is 1. The third-order valence-electron chi connectivity index (χ3n) is 5.63. The zero-order valence-corrected chi connectivity index (χ0v) is 17.7. The Labute approximate surface area is 182 Å². The van der Waals surface area contributed by atoms with Crippen LogP contribution in [0, 0.1) is 0 Å². The second kappa shape index (κ2) is 10.5. The van der Waals surface area contributed by atoms with Gasteiger partial charge in [-0.05, 0) is 55.8 Å².